The number of hydroxylamine groups is 2. The molecule has 2 unspecified atom stereocenters. The van der Waals surface area contributed by atoms with Crippen LogP contribution in [0.1, 0.15) is 19.8 Å². The first-order chi connectivity index (χ1) is 9.86. The van der Waals surface area contributed by atoms with Gasteiger partial charge in [0.2, 0.25) is 0 Å². The third-order valence-electron chi connectivity index (χ3n) is 3.02. The molecule has 1 saturated heterocycles. The van der Waals surface area contributed by atoms with Gasteiger partial charge in [-0.15, -0.1) is 5.06 Å². The predicted molar refractivity (Wildman–Crippen MR) is 66.7 cm³/mol. The standard InChI is InChI=1S/C12H19NO8/c1-2-20-11(18)8(14)9(15)12(19)21-13-5-3-4-7(6-13)10(16)17/h7-9,14-15H,2-6H2,1H3,(H,16,17)/t7-,8?,9?/m0/s1. The van der Waals surface area contributed by atoms with Crippen molar-refractivity contribution in [2.45, 2.75) is 32.0 Å². The first kappa shape index (κ1) is 17.3. The van der Waals surface area contributed by atoms with Crippen molar-refractivity contribution < 1.29 is 39.3 Å². The molecule has 1 aliphatic rings. The number of carboxylic acid groups (broad SMARTS) is 1. The second kappa shape index (κ2) is 7.91. The zero-order valence-electron chi connectivity index (χ0n) is 11.6. The molecule has 0 spiro atoms. The lowest BCUT2D eigenvalue weighted by Crippen LogP contribution is -2.46. The van der Waals surface area contributed by atoms with Crippen molar-refractivity contribution in [3.05, 3.63) is 0 Å². The third-order valence-corrected chi connectivity index (χ3v) is 3.02. The molecule has 3 atom stereocenters. The Balaban J connectivity index is 2.51. The highest BCUT2D eigenvalue weighted by Crippen LogP contribution is 2.17. The summed E-state index contributed by atoms with van der Waals surface area (Å²) in [5.41, 5.74) is 0. The lowest BCUT2D eigenvalue weighted by Gasteiger charge is -2.29. The van der Waals surface area contributed by atoms with Gasteiger partial charge in [-0.25, -0.2) is 9.59 Å². The number of aliphatic hydroxyl groups excluding tert-OH is 2. The summed E-state index contributed by atoms with van der Waals surface area (Å²) in [5, 5.41) is 28.9. The van der Waals surface area contributed by atoms with Gasteiger partial charge in [0.25, 0.3) is 0 Å². The van der Waals surface area contributed by atoms with Crippen LogP contribution in [0.4, 0.5) is 0 Å². The van der Waals surface area contributed by atoms with Gasteiger partial charge in [-0.3, -0.25) is 4.79 Å². The number of aliphatic carboxylic acids is 1. The topological polar surface area (TPSA) is 134 Å². The summed E-state index contributed by atoms with van der Waals surface area (Å²) in [4.78, 5) is 38.5. The number of nitrogens with zero attached hydrogens (tertiary/aromatic N) is 1. The van der Waals surface area contributed by atoms with Crippen LogP contribution in [0.15, 0.2) is 0 Å². The van der Waals surface area contributed by atoms with Crippen molar-refractivity contribution in [2.75, 3.05) is 19.7 Å². The van der Waals surface area contributed by atoms with Gasteiger partial charge in [-0.1, -0.05) is 0 Å². The molecule has 21 heavy (non-hydrogen) atoms. The van der Waals surface area contributed by atoms with Gasteiger partial charge in [0.15, 0.2) is 12.2 Å². The Morgan fingerprint density at radius 3 is 2.43 bits per heavy atom. The van der Waals surface area contributed by atoms with Crippen LogP contribution in [0.2, 0.25) is 0 Å². The van der Waals surface area contributed by atoms with Gasteiger partial charge in [-0.05, 0) is 19.8 Å². The largest absolute Gasteiger partial charge is 0.481 e. The molecular weight excluding hydrogens is 286 g/mol. The van der Waals surface area contributed by atoms with E-state index >= 15 is 0 Å². The van der Waals surface area contributed by atoms with E-state index in [-0.39, 0.29) is 13.2 Å². The summed E-state index contributed by atoms with van der Waals surface area (Å²) in [5.74, 6) is -4.04. The summed E-state index contributed by atoms with van der Waals surface area (Å²) in [7, 11) is 0. The number of esters is 1. The Morgan fingerprint density at radius 2 is 1.86 bits per heavy atom. The average Bonchev–Trinajstić information content (AvgIpc) is 2.46. The smallest absolute Gasteiger partial charge is 0.357 e. The predicted octanol–water partition coefficient (Wildman–Crippen LogP) is -1.47. The molecule has 0 amide bonds. The number of aliphatic hydroxyl groups is 2. The second-order valence-electron chi connectivity index (χ2n) is 4.62. The summed E-state index contributed by atoms with van der Waals surface area (Å²) in [6, 6.07) is 0. The fraction of sp³-hybridized carbons (Fsp3) is 0.750. The first-order valence-electron chi connectivity index (χ1n) is 6.59. The van der Waals surface area contributed by atoms with E-state index in [1.54, 1.807) is 0 Å². The maximum absolute atomic E-state index is 11.6. The van der Waals surface area contributed by atoms with Crippen LogP contribution in [0.5, 0.6) is 0 Å². The molecule has 3 N–H and O–H groups in total. The van der Waals surface area contributed by atoms with Crippen molar-refractivity contribution >= 4 is 17.9 Å². The van der Waals surface area contributed by atoms with Crippen molar-refractivity contribution in [2.24, 2.45) is 5.92 Å². The molecule has 9 nitrogen and oxygen atoms in total. The summed E-state index contributed by atoms with van der Waals surface area (Å²) >= 11 is 0. The van der Waals surface area contributed by atoms with Crippen molar-refractivity contribution in [1.29, 1.82) is 0 Å². The maximum atomic E-state index is 11.6. The quantitative estimate of drug-likeness (QED) is 0.502. The van der Waals surface area contributed by atoms with Crippen molar-refractivity contribution in [1.82, 2.24) is 5.06 Å². The number of carbonyl (C=O) groups is 3. The monoisotopic (exact) mass is 305 g/mol. The Bertz CT molecular complexity index is 399. The minimum atomic E-state index is -2.09. The number of rotatable bonds is 6. The Morgan fingerprint density at radius 1 is 1.24 bits per heavy atom. The number of hydrogen-bond acceptors (Lipinski definition) is 8. The number of carboxylic acids is 1. The highest BCUT2D eigenvalue weighted by atomic mass is 16.7. The molecule has 0 aliphatic carbocycles. The normalized spacial score (nSPS) is 22.1. The van der Waals surface area contributed by atoms with Crippen LogP contribution in [-0.2, 0) is 24.0 Å². The molecule has 0 aromatic heterocycles. The summed E-state index contributed by atoms with van der Waals surface area (Å²) in [6.45, 7) is 1.81. The summed E-state index contributed by atoms with van der Waals surface area (Å²) in [6.07, 6.45) is -3.15. The Hall–Kier alpha value is -1.71. The van der Waals surface area contributed by atoms with E-state index in [2.05, 4.69) is 4.74 Å². The molecule has 0 bridgehead atoms. The van der Waals surface area contributed by atoms with E-state index in [0.29, 0.717) is 19.4 Å². The average molecular weight is 305 g/mol. The highest BCUT2D eigenvalue weighted by Gasteiger charge is 2.35. The molecule has 1 aliphatic heterocycles. The molecular formula is C12H19NO8. The van der Waals surface area contributed by atoms with Gasteiger partial charge >= 0.3 is 17.9 Å². The van der Waals surface area contributed by atoms with Gasteiger partial charge in [0.05, 0.1) is 12.5 Å². The van der Waals surface area contributed by atoms with E-state index in [1.165, 1.54) is 6.92 Å². The van der Waals surface area contributed by atoms with Crippen LogP contribution in [-0.4, -0.2) is 70.2 Å². The van der Waals surface area contributed by atoms with Crippen LogP contribution in [0.25, 0.3) is 0 Å². The minimum Gasteiger partial charge on any atom is -0.481 e. The van der Waals surface area contributed by atoms with Crippen LogP contribution < -0.4 is 0 Å². The number of carbonyl (C=O) groups excluding carboxylic acids is 2. The molecule has 120 valence electrons. The van der Waals surface area contributed by atoms with E-state index < -0.39 is 36.0 Å². The number of piperidine rings is 1. The van der Waals surface area contributed by atoms with E-state index in [1.807, 2.05) is 0 Å². The van der Waals surface area contributed by atoms with Crippen LogP contribution in [0.3, 0.4) is 0 Å². The van der Waals surface area contributed by atoms with E-state index in [9.17, 15) is 24.6 Å². The number of hydrogen-bond donors (Lipinski definition) is 3. The number of ether oxygens (including phenoxy) is 1. The highest BCUT2D eigenvalue weighted by molar-refractivity contribution is 5.85. The van der Waals surface area contributed by atoms with Gasteiger partial charge < -0.3 is 24.9 Å². The van der Waals surface area contributed by atoms with E-state index in [4.69, 9.17) is 9.94 Å². The third kappa shape index (κ3) is 4.96. The SMILES string of the molecule is CCOC(=O)C(O)C(O)C(=O)ON1CCC[C@H](C(=O)O)C1. The maximum Gasteiger partial charge on any atom is 0.357 e. The van der Waals surface area contributed by atoms with Crippen molar-refractivity contribution in [3.8, 4) is 0 Å². The molecule has 1 fully saturated rings. The molecule has 0 aromatic rings. The van der Waals surface area contributed by atoms with Crippen LogP contribution in [0, 0.1) is 5.92 Å². The van der Waals surface area contributed by atoms with Gasteiger partial charge in [-0.2, -0.15) is 0 Å². The molecule has 1 rings (SSSR count). The lowest BCUT2D eigenvalue weighted by atomic mass is 10.00. The second-order valence-corrected chi connectivity index (χ2v) is 4.62. The minimum absolute atomic E-state index is 0.00984. The van der Waals surface area contributed by atoms with Gasteiger partial charge in [0.1, 0.15) is 0 Å². The van der Waals surface area contributed by atoms with Gasteiger partial charge in [0, 0.05) is 13.1 Å². The molecule has 1 heterocycles. The van der Waals surface area contributed by atoms with Crippen molar-refractivity contribution in [3.63, 3.8) is 0 Å². The zero-order valence-corrected chi connectivity index (χ0v) is 11.6. The fourth-order valence-corrected chi connectivity index (χ4v) is 1.89. The van der Waals surface area contributed by atoms with Crippen LogP contribution >= 0.6 is 0 Å². The molecule has 0 radical (unpaired) electrons. The zero-order chi connectivity index (χ0) is 16.0. The first-order valence-corrected chi connectivity index (χ1v) is 6.59. The molecule has 0 aromatic carbocycles. The van der Waals surface area contributed by atoms with E-state index in [0.717, 1.165) is 5.06 Å². The Labute approximate surface area is 121 Å². The summed E-state index contributed by atoms with van der Waals surface area (Å²) < 4.78 is 4.47. The fourth-order valence-electron chi connectivity index (χ4n) is 1.89. The lowest BCUT2D eigenvalue weighted by molar-refractivity contribution is -0.215. The molecule has 9 heteroatoms. The Kier molecular flexibility index (Phi) is 6.53. The molecule has 0 saturated carbocycles.